The van der Waals surface area contributed by atoms with E-state index in [0.717, 1.165) is 31.0 Å². The molecule has 0 saturated carbocycles. The summed E-state index contributed by atoms with van der Waals surface area (Å²) in [4.78, 5) is 24.8. The normalized spacial score (nSPS) is 15.3. The summed E-state index contributed by atoms with van der Waals surface area (Å²) < 4.78 is 26.5. The highest BCUT2D eigenvalue weighted by Gasteiger charge is 2.20. The van der Waals surface area contributed by atoms with Crippen molar-refractivity contribution in [1.29, 1.82) is 0 Å². The molecule has 1 heterocycles. The van der Waals surface area contributed by atoms with E-state index in [1.54, 1.807) is 11.8 Å². The zero-order valence-electron chi connectivity index (χ0n) is 13.1. The molecule has 1 fully saturated rings. The molecular weight excluding hydrogens is 304 g/mol. The maximum absolute atomic E-state index is 13.4. The summed E-state index contributed by atoms with van der Waals surface area (Å²) >= 11 is 0. The Hall–Kier alpha value is -2.18. The fraction of sp³-hybridized carbons (Fsp3) is 0.500. The average molecular weight is 325 g/mol. The van der Waals surface area contributed by atoms with Crippen molar-refractivity contribution in [2.24, 2.45) is 5.92 Å². The Morgan fingerprint density at radius 2 is 1.91 bits per heavy atom. The molecule has 1 saturated heterocycles. The van der Waals surface area contributed by atoms with E-state index >= 15 is 0 Å². The first-order chi connectivity index (χ1) is 11.0. The van der Waals surface area contributed by atoms with Crippen molar-refractivity contribution in [3.63, 3.8) is 0 Å². The van der Waals surface area contributed by atoms with Crippen molar-refractivity contribution in [2.45, 2.75) is 26.3 Å². The quantitative estimate of drug-likeness (QED) is 0.890. The lowest BCUT2D eigenvalue weighted by molar-refractivity contribution is -0.130. The number of carbonyl (C=O) groups is 2. The van der Waals surface area contributed by atoms with Crippen LogP contribution in [0.2, 0.25) is 0 Å². The Bertz CT molecular complexity index is 572. The molecule has 1 aliphatic heterocycles. The Kier molecular flexibility index (Phi) is 5.90. The zero-order valence-corrected chi connectivity index (χ0v) is 13.1. The fourth-order valence-corrected chi connectivity index (χ4v) is 2.61. The smallest absolute Gasteiger partial charge is 0.315 e. The third-order valence-electron chi connectivity index (χ3n) is 4.06. The molecule has 1 aromatic rings. The molecular formula is C16H21F2N3O2. The first-order valence-corrected chi connectivity index (χ1v) is 7.67. The van der Waals surface area contributed by atoms with Gasteiger partial charge >= 0.3 is 6.03 Å². The molecule has 2 N–H and O–H groups in total. The number of carbonyl (C=O) groups excluding carboxylic acids is 2. The number of hydrogen-bond acceptors (Lipinski definition) is 2. The van der Waals surface area contributed by atoms with Crippen LogP contribution in [0.3, 0.4) is 0 Å². The lowest BCUT2D eigenvalue weighted by atomic mass is 9.97. The van der Waals surface area contributed by atoms with Gasteiger partial charge in [-0.3, -0.25) is 4.79 Å². The summed E-state index contributed by atoms with van der Waals surface area (Å²) in [6.45, 7) is 3.40. The number of hydrogen-bond donors (Lipinski definition) is 2. The molecule has 2 rings (SSSR count). The summed E-state index contributed by atoms with van der Waals surface area (Å²) in [5.74, 6) is -0.697. The number of nitrogens with zero attached hydrogens (tertiary/aromatic N) is 1. The second-order valence-corrected chi connectivity index (χ2v) is 5.75. The molecule has 0 bridgehead atoms. The highest BCUT2D eigenvalue weighted by molar-refractivity contribution is 5.74. The number of benzene rings is 1. The van der Waals surface area contributed by atoms with Crippen molar-refractivity contribution in [3.05, 3.63) is 35.4 Å². The Balaban J connectivity index is 1.70. The Morgan fingerprint density at radius 1 is 1.22 bits per heavy atom. The average Bonchev–Trinajstić information content (AvgIpc) is 2.54. The summed E-state index contributed by atoms with van der Waals surface area (Å²) in [5, 5.41) is 5.24. The van der Waals surface area contributed by atoms with Gasteiger partial charge in [0.2, 0.25) is 5.91 Å². The van der Waals surface area contributed by atoms with Crippen LogP contribution in [0.1, 0.15) is 25.3 Å². The molecule has 0 spiro atoms. The summed E-state index contributed by atoms with van der Waals surface area (Å²) in [6, 6.07) is 2.72. The van der Waals surface area contributed by atoms with E-state index in [2.05, 4.69) is 10.6 Å². The maximum atomic E-state index is 13.4. The zero-order chi connectivity index (χ0) is 16.8. The van der Waals surface area contributed by atoms with Gasteiger partial charge in [0.1, 0.15) is 11.6 Å². The third-order valence-corrected chi connectivity index (χ3v) is 4.06. The minimum Gasteiger partial charge on any atom is -0.343 e. The van der Waals surface area contributed by atoms with E-state index in [1.807, 2.05) is 0 Å². The molecule has 0 radical (unpaired) electrons. The molecule has 0 atom stereocenters. The predicted octanol–water partition coefficient (Wildman–Crippen LogP) is 2.02. The van der Waals surface area contributed by atoms with Gasteiger partial charge in [0, 0.05) is 38.7 Å². The summed E-state index contributed by atoms with van der Waals surface area (Å²) in [5.41, 5.74) is 0.106. The first-order valence-electron chi connectivity index (χ1n) is 7.67. The summed E-state index contributed by atoms with van der Waals surface area (Å²) in [6.07, 6.45) is 1.69. The number of likely N-dealkylation sites (tertiary alicyclic amines) is 1. The molecule has 5 nitrogen and oxygen atoms in total. The van der Waals surface area contributed by atoms with Crippen molar-refractivity contribution >= 4 is 11.9 Å². The topological polar surface area (TPSA) is 61.4 Å². The van der Waals surface area contributed by atoms with Gasteiger partial charge in [0.25, 0.3) is 0 Å². The number of piperidine rings is 1. The monoisotopic (exact) mass is 325 g/mol. The van der Waals surface area contributed by atoms with E-state index < -0.39 is 17.7 Å². The first kappa shape index (κ1) is 17.2. The van der Waals surface area contributed by atoms with E-state index in [0.29, 0.717) is 25.6 Å². The van der Waals surface area contributed by atoms with Gasteiger partial charge < -0.3 is 15.5 Å². The lowest BCUT2D eigenvalue weighted by Gasteiger charge is -2.31. The van der Waals surface area contributed by atoms with Crippen LogP contribution < -0.4 is 10.6 Å². The molecule has 1 aliphatic rings. The molecule has 0 unspecified atom stereocenters. The van der Waals surface area contributed by atoms with Crippen LogP contribution >= 0.6 is 0 Å². The molecule has 3 amide bonds. The minimum atomic E-state index is -0.552. The highest BCUT2D eigenvalue weighted by atomic mass is 19.1. The minimum absolute atomic E-state index is 0.0712. The van der Waals surface area contributed by atoms with Gasteiger partial charge in [-0.25, -0.2) is 13.6 Å². The third kappa shape index (κ3) is 5.19. The number of rotatable bonds is 4. The van der Waals surface area contributed by atoms with Crippen LogP contribution in [-0.4, -0.2) is 36.5 Å². The number of nitrogens with one attached hydrogen (secondary N) is 2. The molecule has 1 aromatic carbocycles. The SMILES string of the molecule is CC(=O)N1CCC(CNC(=O)NCc2cc(F)ccc2F)CC1. The number of urea groups is 1. The molecule has 0 aliphatic carbocycles. The van der Waals surface area contributed by atoms with Gasteiger partial charge in [-0.05, 0) is 37.0 Å². The van der Waals surface area contributed by atoms with Gasteiger partial charge in [-0.2, -0.15) is 0 Å². The van der Waals surface area contributed by atoms with Gasteiger partial charge in [0.05, 0.1) is 0 Å². The standard InChI is InChI=1S/C16H21F2N3O2/c1-11(22)21-6-4-12(5-7-21)9-19-16(23)20-10-13-8-14(17)2-3-15(13)18/h2-3,8,12H,4-7,9-10H2,1H3,(H2,19,20,23). The number of amides is 3. The molecule has 7 heteroatoms. The largest absolute Gasteiger partial charge is 0.343 e. The maximum Gasteiger partial charge on any atom is 0.315 e. The summed E-state index contributed by atoms with van der Waals surface area (Å²) in [7, 11) is 0. The van der Waals surface area contributed by atoms with Crippen LogP contribution in [0.25, 0.3) is 0 Å². The van der Waals surface area contributed by atoms with Crippen molar-refractivity contribution < 1.29 is 18.4 Å². The van der Waals surface area contributed by atoms with Crippen LogP contribution in [0, 0.1) is 17.6 Å². The van der Waals surface area contributed by atoms with Gasteiger partial charge in [-0.15, -0.1) is 0 Å². The second kappa shape index (κ2) is 7.89. The second-order valence-electron chi connectivity index (χ2n) is 5.75. The molecule has 23 heavy (non-hydrogen) atoms. The van der Waals surface area contributed by atoms with Crippen molar-refractivity contribution in [1.82, 2.24) is 15.5 Å². The van der Waals surface area contributed by atoms with Crippen LogP contribution in [0.5, 0.6) is 0 Å². The van der Waals surface area contributed by atoms with Crippen molar-refractivity contribution in [3.8, 4) is 0 Å². The highest BCUT2D eigenvalue weighted by Crippen LogP contribution is 2.16. The predicted molar refractivity (Wildman–Crippen MR) is 81.6 cm³/mol. The molecule has 0 aromatic heterocycles. The number of halogens is 2. The van der Waals surface area contributed by atoms with Gasteiger partial charge in [0.15, 0.2) is 0 Å². The fourth-order valence-electron chi connectivity index (χ4n) is 2.61. The Labute approximate surface area is 134 Å². The van der Waals surface area contributed by atoms with E-state index in [1.165, 1.54) is 0 Å². The van der Waals surface area contributed by atoms with E-state index in [4.69, 9.17) is 0 Å². The van der Waals surface area contributed by atoms with Crippen LogP contribution in [0.4, 0.5) is 13.6 Å². The van der Waals surface area contributed by atoms with E-state index in [9.17, 15) is 18.4 Å². The van der Waals surface area contributed by atoms with Crippen LogP contribution in [-0.2, 0) is 11.3 Å². The van der Waals surface area contributed by atoms with Crippen molar-refractivity contribution in [2.75, 3.05) is 19.6 Å². The van der Waals surface area contributed by atoms with E-state index in [-0.39, 0.29) is 18.0 Å². The molecule has 126 valence electrons. The Morgan fingerprint density at radius 3 is 2.57 bits per heavy atom. The van der Waals surface area contributed by atoms with Crippen LogP contribution in [0.15, 0.2) is 18.2 Å². The lowest BCUT2D eigenvalue weighted by Crippen LogP contribution is -2.42. The van der Waals surface area contributed by atoms with Gasteiger partial charge in [-0.1, -0.05) is 0 Å².